The van der Waals surface area contributed by atoms with Gasteiger partial charge in [0.1, 0.15) is 6.04 Å². The third-order valence-corrected chi connectivity index (χ3v) is 6.25. The summed E-state index contributed by atoms with van der Waals surface area (Å²) in [7, 11) is 0. The second kappa shape index (κ2) is 12.5. The quantitative estimate of drug-likeness (QED) is 0.329. The monoisotopic (exact) mass is 476 g/mol. The first-order chi connectivity index (χ1) is 17.6. The van der Waals surface area contributed by atoms with Gasteiger partial charge in [-0.3, -0.25) is 9.59 Å². The second-order valence-corrected chi connectivity index (χ2v) is 9.08. The largest absolute Gasteiger partial charge is 0.350 e. The van der Waals surface area contributed by atoms with Gasteiger partial charge in [-0.15, -0.1) is 0 Å². The first-order valence-corrected chi connectivity index (χ1v) is 12.3. The zero-order valence-corrected chi connectivity index (χ0v) is 20.6. The van der Waals surface area contributed by atoms with Crippen LogP contribution in [0.3, 0.4) is 0 Å². The van der Waals surface area contributed by atoms with Crippen molar-refractivity contribution in [1.82, 2.24) is 10.2 Å². The summed E-state index contributed by atoms with van der Waals surface area (Å²) in [4.78, 5) is 29.1. The van der Waals surface area contributed by atoms with E-state index in [0.717, 1.165) is 22.3 Å². The average molecular weight is 477 g/mol. The molecule has 4 aromatic carbocycles. The normalized spacial score (nSPS) is 11.5. The Morgan fingerprint density at radius 2 is 1.19 bits per heavy atom. The summed E-state index contributed by atoms with van der Waals surface area (Å²) in [6, 6.07) is 36.9. The van der Waals surface area contributed by atoms with Gasteiger partial charge >= 0.3 is 0 Å². The lowest BCUT2D eigenvalue weighted by atomic mass is 10.0. The summed E-state index contributed by atoms with van der Waals surface area (Å²) < 4.78 is 0. The Bertz CT molecular complexity index is 1240. The third-order valence-electron chi connectivity index (χ3n) is 6.25. The third kappa shape index (κ3) is 7.16. The van der Waals surface area contributed by atoms with Crippen LogP contribution in [0, 0.1) is 6.92 Å². The van der Waals surface area contributed by atoms with Crippen LogP contribution in [0.1, 0.15) is 27.8 Å². The number of hydrogen-bond donors (Lipinski definition) is 1. The van der Waals surface area contributed by atoms with Gasteiger partial charge in [-0.25, -0.2) is 0 Å². The Labute approximate surface area is 213 Å². The highest BCUT2D eigenvalue weighted by Crippen LogP contribution is 2.17. The topological polar surface area (TPSA) is 49.4 Å². The predicted octanol–water partition coefficient (Wildman–Crippen LogP) is 5.49. The van der Waals surface area contributed by atoms with Crippen molar-refractivity contribution in [2.45, 2.75) is 38.9 Å². The van der Waals surface area contributed by atoms with E-state index in [9.17, 15) is 9.59 Å². The molecule has 0 fully saturated rings. The number of hydrogen-bond acceptors (Lipinski definition) is 2. The molecule has 182 valence electrons. The molecule has 4 rings (SSSR count). The minimum atomic E-state index is -0.644. The SMILES string of the molecule is Cc1ccc(CNC(=O)C(Cc2ccccc2)N(Cc2ccccc2)C(=O)Cc2ccccc2)cc1. The molecule has 0 aliphatic heterocycles. The zero-order valence-electron chi connectivity index (χ0n) is 20.6. The van der Waals surface area contributed by atoms with Gasteiger partial charge < -0.3 is 10.2 Å². The van der Waals surface area contributed by atoms with Crippen molar-refractivity contribution in [2.75, 3.05) is 0 Å². The maximum atomic E-state index is 13.7. The molecule has 0 aromatic heterocycles. The van der Waals surface area contributed by atoms with Crippen LogP contribution < -0.4 is 5.32 Å². The molecule has 36 heavy (non-hydrogen) atoms. The van der Waals surface area contributed by atoms with E-state index in [1.165, 1.54) is 5.56 Å². The van der Waals surface area contributed by atoms with Crippen LogP contribution in [0.25, 0.3) is 0 Å². The molecule has 1 atom stereocenters. The molecule has 1 N–H and O–H groups in total. The Morgan fingerprint density at radius 3 is 1.78 bits per heavy atom. The smallest absolute Gasteiger partial charge is 0.243 e. The maximum Gasteiger partial charge on any atom is 0.243 e. The van der Waals surface area contributed by atoms with E-state index < -0.39 is 6.04 Å². The number of amides is 2. The highest BCUT2D eigenvalue weighted by atomic mass is 16.2. The fourth-order valence-corrected chi connectivity index (χ4v) is 4.22. The van der Waals surface area contributed by atoms with E-state index in [2.05, 4.69) is 5.32 Å². The van der Waals surface area contributed by atoms with Crippen LogP contribution in [0.15, 0.2) is 115 Å². The standard InChI is InChI=1S/C32H32N2O2/c1-25-17-19-28(20-18-25)23-33-32(36)30(21-26-11-5-2-6-12-26)34(24-29-15-9-4-10-16-29)31(35)22-27-13-7-3-8-14-27/h2-20,30H,21-24H2,1H3,(H,33,36). The first kappa shape index (κ1) is 24.9. The fraction of sp³-hybridized carbons (Fsp3) is 0.188. The zero-order chi connectivity index (χ0) is 25.2. The molecule has 0 heterocycles. The molecule has 0 aliphatic rings. The molecule has 4 heteroatoms. The molecular weight excluding hydrogens is 444 g/mol. The first-order valence-electron chi connectivity index (χ1n) is 12.3. The molecule has 0 bridgehead atoms. The van der Waals surface area contributed by atoms with Gasteiger partial charge in [0.05, 0.1) is 6.42 Å². The van der Waals surface area contributed by atoms with E-state index in [0.29, 0.717) is 19.5 Å². The second-order valence-electron chi connectivity index (χ2n) is 9.08. The summed E-state index contributed by atoms with van der Waals surface area (Å²) in [6.07, 6.45) is 0.679. The molecule has 0 spiro atoms. The van der Waals surface area contributed by atoms with E-state index >= 15 is 0 Å². The number of carbonyl (C=O) groups excluding carboxylic acids is 2. The van der Waals surface area contributed by atoms with Crippen LogP contribution in [0.5, 0.6) is 0 Å². The molecule has 0 saturated carbocycles. The fourth-order valence-electron chi connectivity index (χ4n) is 4.22. The van der Waals surface area contributed by atoms with Gasteiger partial charge in [-0.05, 0) is 29.2 Å². The Kier molecular flexibility index (Phi) is 8.66. The molecule has 0 radical (unpaired) electrons. The molecule has 0 aliphatic carbocycles. The van der Waals surface area contributed by atoms with Gasteiger partial charge in [-0.1, -0.05) is 121 Å². The lowest BCUT2D eigenvalue weighted by Crippen LogP contribution is -2.50. The van der Waals surface area contributed by atoms with Crippen molar-refractivity contribution in [3.8, 4) is 0 Å². The highest BCUT2D eigenvalue weighted by Gasteiger charge is 2.30. The minimum Gasteiger partial charge on any atom is -0.350 e. The van der Waals surface area contributed by atoms with Crippen LogP contribution in [0.4, 0.5) is 0 Å². The highest BCUT2D eigenvalue weighted by molar-refractivity contribution is 5.88. The molecule has 0 saturated heterocycles. The van der Waals surface area contributed by atoms with Crippen LogP contribution >= 0.6 is 0 Å². The summed E-state index contributed by atoms with van der Waals surface area (Å²) >= 11 is 0. The van der Waals surface area contributed by atoms with E-state index in [-0.39, 0.29) is 18.2 Å². The summed E-state index contributed by atoms with van der Waals surface area (Å²) in [6.45, 7) is 2.82. The molecule has 1 unspecified atom stereocenters. The molecule has 4 aromatic rings. The number of nitrogens with zero attached hydrogens (tertiary/aromatic N) is 1. The van der Waals surface area contributed by atoms with Crippen molar-refractivity contribution in [3.63, 3.8) is 0 Å². The molecular formula is C32H32N2O2. The Morgan fingerprint density at radius 1 is 0.667 bits per heavy atom. The molecule has 2 amide bonds. The number of nitrogens with one attached hydrogen (secondary N) is 1. The average Bonchev–Trinajstić information content (AvgIpc) is 2.92. The lowest BCUT2D eigenvalue weighted by Gasteiger charge is -2.31. The minimum absolute atomic E-state index is 0.0727. The van der Waals surface area contributed by atoms with Crippen molar-refractivity contribution < 1.29 is 9.59 Å². The number of aryl methyl sites for hydroxylation is 1. The summed E-state index contributed by atoms with van der Waals surface area (Å²) in [5, 5.41) is 3.09. The van der Waals surface area contributed by atoms with Crippen LogP contribution in [-0.4, -0.2) is 22.8 Å². The predicted molar refractivity (Wildman–Crippen MR) is 144 cm³/mol. The van der Waals surface area contributed by atoms with E-state index in [1.54, 1.807) is 4.90 Å². The van der Waals surface area contributed by atoms with Gasteiger partial charge in [0.2, 0.25) is 11.8 Å². The number of benzene rings is 4. The van der Waals surface area contributed by atoms with Gasteiger partial charge in [0.25, 0.3) is 0 Å². The van der Waals surface area contributed by atoms with Gasteiger partial charge in [0, 0.05) is 19.5 Å². The summed E-state index contributed by atoms with van der Waals surface area (Å²) in [5.74, 6) is -0.228. The number of rotatable bonds is 10. The van der Waals surface area contributed by atoms with Gasteiger partial charge in [0.15, 0.2) is 0 Å². The summed E-state index contributed by atoms with van der Waals surface area (Å²) in [5.41, 5.74) is 5.13. The van der Waals surface area contributed by atoms with Crippen LogP contribution in [-0.2, 0) is 35.5 Å². The number of carbonyl (C=O) groups is 2. The van der Waals surface area contributed by atoms with Crippen molar-refractivity contribution in [2.24, 2.45) is 0 Å². The Balaban J connectivity index is 1.62. The van der Waals surface area contributed by atoms with Crippen molar-refractivity contribution in [1.29, 1.82) is 0 Å². The van der Waals surface area contributed by atoms with Crippen molar-refractivity contribution >= 4 is 11.8 Å². The van der Waals surface area contributed by atoms with E-state index in [4.69, 9.17) is 0 Å². The maximum absolute atomic E-state index is 13.7. The van der Waals surface area contributed by atoms with E-state index in [1.807, 2.05) is 122 Å². The Hall–Kier alpha value is -4.18. The van der Waals surface area contributed by atoms with Crippen molar-refractivity contribution in [3.05, 3.63) is 143 Å². The lowest BCUT2D eigenvalue weighted by molar-refractivity contribution is -0.140. The van der Waals surface area contributed by atoms with Crippen LogP contribution in [0.2, 0.25) is 0 Å². The van der Waals surface area contributed by atoms with Gasteiger partial charge in [-0.2, -0.15) is 0 Å². The molecule has 4 nitrogen and oxygen atoms in total.